The van der Waals surface area contributed by atoms with Gasteiger partial charge in [-0.25, -0.2) is 0 Å². The molecule has 3 heteroatoms. The Balaban J connectivity index is 2.18. The Morgan fingerprint density at radius 3 is 2.50 bits per heavy atom. The molecule has 0 saturated heterocycles. The number of nitrogens with zero attached hydrogens (tertiary/aromatic N) is 1. The Morgan fingerprint density at radius 1 is 1.30 bits per heavy atom. The van der Waals surface area contributed by atoms with Crippen LogP contribution < -0.4 is 10.6 Å². The highest BCUT2D eigenvalue weighted by Gasteiger charge is 2.24. The number of hydrogen-bond acceptors (Lipinski definition) is 2. The number of anilines is 1. The minimum absolute atomic E-state index is 0.161. The highest BCUT2D eigenvalue weighted by atomic mass is 15.1. The van der Waals surface area contributed by atoms with Crippen molar-refractivity contribution in [1.29, 1.82) is 5.41 Å². The van der Waals surface area contributed by atoms with E-state index in [4.69, 9.17) is 11.1 Å². The van der Waals surface area contributed by atoms with Crippen LogP contribution in [0.3, 0.4) is 0 Å². The molecule has 1 fully saturated rings. The summed E-state index contributed by atoms with van der Waals surface area (Å²) in [6, 6.07) is 6.74. The highest BCUT2D eigenvalue weighted by molar-refractivity contribution is 6.00. The second-order valence-corrected chi connectivity index (χ2v) is 6.13. The van der Waals surface area contributed by atoms with Gasteiger partial charge in [-0.2, -0.15) is 0 Å². The van der Waals surface area contributed by atoms with Gasteiger partial charge in [-0.15, -0.1) is 0 Å². The molecule has 0 unspecified atom stereocenters. The molecule has 0 aliphatic heterocycles. The third-order valence-electron chi connectivity index (χ3n) is 4.76. The van der Waals surface area contributed by atoms with E-state index in [2.05, 4.69) is 31.9 Å². The van der Waals surface area contributed by atoms with Crippen molar-refractivity contribution < 1.29 is 0 Å². The fraction of sp³-hybridized carbons (Fsp3) is 0.588. The van der Waals surface area contributed by atoms with Crippen LogP contribution in [0.25, 0.3) is 0 Å². The number of benzene rings is 1. The van der Waals surface area contributed by atoms with Crippen molar-refractivity contribution in [3.8, 4) is 0 Å². The largest absolute Gasteiger partial charge is 0.384 e. The van der Waals surface area contributed by atoms with E-state index >= 15 is 0 Å². The first-order chi connectivity index (χ1) is 9.52. The van der Waals surface area contributed by atoms with Crippen LogP contribution in [-0.4, -0.2) is 18.9 Å². The van der Waals surface area contributed by atoms with E-state index in [1.165, 1.54) is 37.7 Å². The van der Waals surface area contributed by atoms with Gasteiger partial charge in [0.15, 0.2) is 0 Å². The van der Waals surface area contributed by atoms with E-state index in [9.17, 15) is 0 Å². The van der Waals surface area contributed by atoms with Crippen molar-refractivity contribution in [1.82, 2.24) is 0 Å². The molecule has 1 aliphatic carbocycles. The van der Waals surface area contributed by atoms with Crippen LogP contribution in [0.4, 0.5) is 5.69 Å². The molecular weight excluding hydrogens is 246 g/mol. The van der Waals surface area contributed by atoms with E-state index in [0.29, 0.717) is 6.04 Å². The molecule has 110 valence electrons. The van der Waals surface area contributed by atoms with Crippen molar-refractivity contribution in [2.75, 3.05) is 11.9 Å². The standard InChI is InChI=1S/C17H27N3/c1-4-13-6-8-14(9-7-13)20(3)16-11-12(2)5-10-15(16)17(18)19/h5,10-11,13-14H,4,6-9H2,1-3H3,(H3,18,19). The quantitative estimate of drug-likeness (QED) is 0.649. The Hall–Kier alpha value is -1.51. The number of rotatable bonds is 4. The van der Waals surface area contributed by atoms with Crippen LogP contribution in [0.2, 0.25) is 0 Å². The lowest BCUT2D eigenvalue weighted by Crippen LogP contribution is -2.36. The summed E-state index contributed by atoms with van der Waals surface area (Å²) >= 11 is 0. The Bertz CT molecular complexity index is 473. The van der Waals surface area contributed by atoms with Gasteiger partial charge in [0.05, 0.1) is 0 Å². The molecule has 0 radical (unpaired) electrons. The molecular formula is C17H27N3. The number of hydrogen-bond donors (Lipinski definition) is 2. The summed E-state index contributed by atoms with van der Waals surface area (Å²) in [7, 11) is 2.15. The molecule has 1 aromatic carbocycles. The Labute approximate surface area is 122 Å². The van der Waals surface area contributed by atoms with E-state index < -0.39 is 0 Å². The first-order valence-electron chi connectivity index (χ1n) is 7.70. The van der Waals surface area contributed by atoms with Gasteiger partial charge in [-0.1, -0.05) is 19.4 Å². The number of nitrogens with two attached hydrogens (primary N) is 1. The van der Waals surface area contributed by atoms with Gasteiger partial charge in [-0.3, -0.25) is 5.41 Å². The van der Waals surface area contributed by atoms with Gasteiger partial charge in [0, 0.05) is 24.3 Å². The number of aryl methyl sites for hydroxylation is 1. The summed E-state index contributed by atoms with van der Waals surface area (Å²) in [4.78, 5) is 2.34. The lowest BCUT2D eigenvalue weighted by atomic mass is 9.84. The van der Waals surface area contributed by atoms with Crippen LogP contribution in [0, 0.1) is 18.3 Å². The highest BCUT2D eigenvalue weighted by Crippen LogP contribution is 2.32. The first-order valence-corrected chi connectivity index (χ1v) is 7.70. The smallest absolute Gasteiger partial charge is 0.124 e. The summed E-state index contributed by atoms with van der Waals surface area (Å²) in [6.07, 6.45) is 6.46. The van der Waals surface area contributed by atoms with Crippen LogP contribution in [0.15, 0.2) is 18.2 Å². The molecule has 0 bridgehead atoms. The maximum atomic E-state index is 7.77. The SMILES string of the molecule is CCC1CCC(N(C)c2cc(C)ccc2C(=N)N)CC1. The zero-order valence-corrected chi connectivity index (χ0v) is 12.9. The van der Waals surface area contributed by atoms with E-state index in [1.54, 1.807) is 0 Å². The zero-order chi connectivity index (χ0) is 14.7. The maximum absolute atomic E-state index is 7.77. The van der Waals surface area contributed by atoms with Crippen molar-refractivity contribution in [2.45, 2.75) is 52.0 Å². The molecule has 0 heterocycles. The first kappa shape index (κ1) is 14.9. The average Bonchev–Trinajstić information content (AvgIpc) is 2.46. The lowest BCUT2D eigenvalue weighted by molar-refractivity contribution is 0.313. The lowest BCUT2D eigenvalue weighted by Gasteiger charge is -2.36. The summed E-state index contributed by atoms with van der Waals surface area (Å²) in [5.41, 5.74) is 8.92. The zero-order valence-electron chi connectivity index (χ0n) is 12.9. The number of nitrogens with one attached hydrogen (secondary N) is 1. The summed E-state index contributed by atoms with van der Waals surface area (Å²) in [5, 5.41) is 7.77. The molecule has 0 aromatic heterocycles. The number of nitrogen functional groups attached to an aromatic ring is 1. The van der Waals surface area contributed by atoms with E-state index in [0.717, 1.165) is 17.2 Å². The fourth-order valence-corrected chi connectivity index (χ4v) is 3.30. The average molecular weight is 273 g/mol. The molecule has 0 atom stereocenters. The predicted octanol–water partition coefficient (Wildman–Crippen LogP) is 3.68. The summed E-state index contributed by atoms with van der Waals surface area (Å²) in [6.45, 7) is 4.39. The third kappa shape index (κ3) is 3.14. The molecule has 3 nitrogen and oxygen atoms in total. The van der Waals surface area contributed by atoms with Crippen LogP contribution >= 0.6 is 0 Å². The van der Waals surface area contributed by atoms with Gasteiger partial charge in [-0.05, 0) is 56.2 Å². The van der Waals surface area contributed by atoms with Gasteiger partial charge >= 0.3 is 0 Å². The summed E-state index contributed by atoms with van der Waals surface area (Å²) < 4.78 is 0. The Kier molecular flexibility index (Phi) is 4.69. The van der Waals surface area contributed by atoms with Crippen molar-refractivity contribution in [3.63, 3.8) is 0 Å². The number of amidine groups is 1. The van der Waals surface area contributed by atoms with E-state index in [-0.39, 0.29) is 5.84 Å². The maximum Gasteiger partial charge on any atom is 0.124 e. The van der Waals surface area contributed by atoms with Crippen LogP contribution in [0.5, 0.6) is 0 Å². The molecule has 1 aromatic rings. The molecule has 0 amide bonds. The van der Waals surface area contributed by atoms with Crippen molar-refractivity contribution in [2.24, 2.45) is 11.7 Å². The van der Waals surface area contributed by atoms with Crippen molar-refractivity contribution in [3.05, 3.63) is 29.3 Å². The van der Waals surface area contributed by atoms with Crippen molar-refractivity contribution >= 4 is 11.5 Å². The normalized spacial score (nSPS) is 22.6. The molecule has 1 aliphatic rings. The second kappa shape index (κ2) is 6.29. The topological polar surface area (TPSA) is 53.1 Å². The molecule has 20 heavy (non-hydrogen) atoms. The third-order valence-corrected chi connectivity index (χ3v) is 4.76. The van der Waals surface area contributed by atoms with Crippen LogP contribution in [0.1, 0.15) is 50.2 Å². The molecule has 2 rings (SSSR count). The van der Waals surface area contributed by atoms with Gasteiger partial charge < -0.3 is 10.6 Å². The van der Waals surface area contributed by atoms with Gasteiger partial charge in [0.25, 0.3) is 0 Å². The Morgan fingerprint density at radius 2 is 1.95 bits per heavy atom. The summed E-state index contributed by atoms with van der Waals surface area (Å²) in [5.74, 6) is 1.07. The minimum atomic E-state index is 0.161. The molecule has 3 N–H and O–H groups in total. The second-order valence-electron chi connectivity index (χ2n) is 6.13. The molecule has 1 saturated carbocycles. The van der Waals surface area contributed by atoms with Gasteiger partial charge in [0.2, 0.25) is 0 Å². The fourth-order valence-electron chi connectivity index (χ4n) is 3.30. The minimum Gasteiger partial charge on any atom is -0.384 e. The molecule has 0 spiro atoms. The monoisotopic (exact) mass is 273 g/mol. The van der Waals surface area contributed by atoms with Crippen LogP contribution in [-0.2, 0) is 0 Å². The van der Waals surface area contributed by atoms with Gasteiger partial charge in [0.1, 0.15) is 5.84 Å². The predicted molar refractivity (Wildman–Crippen MR) is 86.6 cm³/mol. The van der Waals surface area contributed by atoms with E-state index in [1.807, 2.05) is 12.1 Å².